The molecule has 1 atom stereocenters. The zero-order chi connectivity index (χ0) is 22.7. The Morgan fingerprint density at radius 3 is 2.53 bits per heavy atom. The Balaban J connectivity index is 1.66. The number of carbonyl (C=O) groups excluding carboxylic acids is 2. The first-order chi connectivity index (χ1) is 15.4. The molecule has 2 amide bonds. The Labute approximate surface area is 195 Å². The normalized spacial score (nSPS) is 18.0. The fourth-order valence-electron chi connectivity index (χ4n) is 3.98. The van der Waals surface area contributed by atoms with E-state index in [1.807, 2.05) is 40.6 Å². The lowest BCUT2D eigenvalue weighted by Gasteiger charge is -2.36. The van der Waals surface area contributed by atoms with E-state index in [-0.39, 0.29) is 24.1 Å². The first kappa shape index (κ1) is 22.1. The quantitative estimate of drug-likeness (QED) is 0.507. The van der Waals surface area contributed by atoms with E-state index in [1.54, 1.807) is 11.3 Å². The average molecular weight is 468 g/mol. The number of thiophene rings is 1. The van der Waals surface area contributed by atoms with Crippen molar-refractivity contribution in [2.45, 2.75) is 25.3 Å². The number of hydrogen-bond acceptors (Lipinski definition) is 4. The number of nitrogens with zero attached hydrogens (tertiary/aromatic N) is 1. The number of thiocarbonyl (C=S) groups is 1. The van der Waals surface area contributed by atoms with Crippen LogP contribution in [0.4, 0.5) is 10.1 Å². The van der Waals surface area contributed by atoms with Crippen molar-refractivity contribution in [1.82, 2.24) is 10.2 Å². The van der Waals surface area contributed by atoms with Crippen LogP contribution in [-0.4, -0.2) is 28.4 Å². The summed E-state index contributed by atoms with van der Waals surface area (Å²) in [6.45, 7) is 2.54. The summed E-state index contributed by atoms with van der Waals surface area (Å²) in [5, 5.41) is 7.89. The van der Waals surface area contributed by atoms with Gasteiger partial charge in [-0.1, -0.05) is 30.3 Å². The average Bonchev–Trinajstić information content (AvgIpc) is 3.29. The molecular formula is C24H22FN3O2S2. The van der Waals surface area contributed by atoms with E-state index in [4.69, 9.17) is 12.2 Å². The van der Waals surface area contributed by atoms with E-state index in [0.29, 0.717) is 29.3 Å². The minimum Gasteiger partial charge on any atom is -0.330 e. The third-order valence-corrected chi connectivity index (χ3v) is 7.03. The molecule has 1 aromatic heterocycles. The van der Waals surface area contributed by atoms with Crippen LogP contribution in [0.25, 0.3) is 0 Å². The van der Waals surface area contributed by atoms with Gasteiger partial charge in [0.05, 0.1) is 6.42 Å². The first-order valence-electron chi connectivity index (χ1n) is 10.2. The molecule has 1 saturated heterocycles. The second-order valence-corrected chi connectivity index (χ2v) is 9.03. The molecule has 4 rings (SSSR count). The van der Waals surface area contributed by atoms with Crippen LogP contribution in [0.15, 0.2) is 66.0 Å². The van der Waals surface area contributed by atoms with Gasteiger partial charge in [0, 0.05) is 17.1 Å². The molecule has 0 spiro atoms. The van der Waals surface area contributed by atoms with Gasteiger partial charge in [0.15, 0.2) is 10.7 Å². The molecule has 0 saturated carbocycles. The summed E-state index contributed by atoms with van der Waals surface area (Å²) in [7, 11) is 0. The number of carbonyl (C=O) groups is 2. The van der Waals surface area contributed by atoms with Crippen LogP contribution < -0.4 is 10.6 Å². The van der Waals surface area contributed by atoms with Crippen LogP contribution in [0.5, 0.6) is 0 Å². The van der Waals surface area contributed by atoms with Gasteiger partial charge in [0.25, 0.3) is 5.91 Å². The molecule has 32 heavy (non-hydrogen) atoms. The number of nitrogens with one attached hydrogen (secondary N) is 2. The van der Waals surface area contributed by atoms with Crippen molar-refractivity contribution in [2.75, 3.05) is 11.9 Å². The second-order valence-electron chi connectivity index (χ2n) is 7.65. The maximum absolute atomic E-state index is 13.3. The number of anilines is 1. The first-order valence-corrected chi connectivity index (χ1v) is 11.5. The number of benzene rings is 2. The fourth-order valence-corrected chi connectivity index (χ4v) is 5.22. The third-order valence-electron chi connectivity index (χ3n) is 5.63. The summed E-state index contributed by atoms with van der Waals surface area (Å²) in [6, 6.07) is 16.8. The highest BCUT2D eigenvalue weighted by molar-refractivity contribution is 7.80. The van der Waals surface area contributed by atoms with Crippen molar-refractivity contribution in [3.05, 3.63) is 87.9 Å². The smallest absolute Gasteiger partial charge is 0.257 e. The summed E-state index contributed by atoms with van der Waals surface area (Å²) in [4.78, 5) is 29.4. The number of aryl methyl sites for hydroxylation is 1. The molecule has 1 aliphatic heterocycles. The number of hydrogen-bond donors (Lipinski definition) is 2. The van der Waals surface area contributed by atoms with Crippen LogP contribution in [0.2, 0.25) is 0 Å². The van der Waals surface area contributed by atoms with Crippen molar-refractivity contribution < 1.29 is 14.0 Å². The molecule has 1 unspecified atom stereocenters. The van der Waals surface area contributed by atoms with E-state index in [1.165, 1.54) is 34.7 Å². The van der Waals surface area contributed by atoms with Gasteiger partial charge in [0.2, 0.25) is 5.91 Å². The van der Waals surface area contributed by atoms with Crippen LogP contribution in [0.3, 0.4) is 0 Å². The predicted octanol–water partition coefficient (Wildman–Crippen LogP) is 4.38. The third kappa shape index (κ3) is 4.28. The van der Waals surface area contributed by atoms with Gasteiger partial charge >= 0.3 is 0 Å². The summed E-state index contributed by atoms with van der Waals surface area (Å²) in [5.41, 5.74) is 1.07. The summed E-state index contributed by atoms with van der Waals surface area (Å²) < 4.78 is 13.2. The lowest BCUT2D eigenvalue weighted by molar-refractivity contribution is -0.131. The summed E-state index contributed by atoms with van der Waals surface area (Å²) in [6.07, 6.45) is 0.566. The van der Waals surface area contributed by atoms with Crippen molar-refractivity contribution >= 4 is 46.2 Å². The van der Waals surface area contributed by atoms with E-state index >= 15 is 0 Å². The van der Waals surface area contributed by atoms with Crippen LogP contribution in [0, 0.1) is 12.7 Å². The largest absolute Gasteiger partial charge is 0.330 e. The van der Waals surface area contributed by atoms with Gasteiger partial charge in [-0.3, -0.25) is 9.59 Å². The zero-order valence-electron chi connectivity index (χ0n) is 17.4. The minimum absolute atomic E-state index is 0.135. The van der Waals surface area contributed by atoms with Crippen molar-refractivity contribution in [2.24, 2.45) is 0 Å². The molecule has 5 nitrogen and oxygen atoms in total. The Bertz CT molecular complexity index is 1150. The molecule has 2 aromatic carbocycles. The van der Waals surface area contributed by atoms with Gasteiger partial charge in [-0.25, -0.2) is 4.39 Å². The van der Waals surface area contributed by atoms with E-state index in [2.05, 4.69) is 23.6 Å². The van der Waals surface area contributed by atoms with Crippen molar-refractivity contribution in [3.8, 4) is 0 Å². The molecule has 3 aromatic rings. The van der Waals surface area contributed by atoms with Crippen molar-refractivity contribution in [1.29, 1.82) is 0 Å². The van der Waals surface area contributed by atoms with E-state index < -0.39 is 5.54 Å². The SMILES string of the molecule is Cc1ccsc1CCN1C(=S)NC(=O)C1(CC(=O)Nc1ccc(F)cc1)c1ccccc1. The highest BCUT2D eigenvalue weighted by atomic mass is 32.1. The molecule has 2 N–H and O–H groups in total. The Morgan fingerprint density at radius 2 is 1.88 bits per heavy atom. The Hall–Kier alpha value is -3.10. The molecule has 1 fully saturated rings. The number of rotatable bonds is 7. The number of amides is 2. The topological polar surface area (TPSA) is 61.4 Å². The van der Waals surface area contributed by atoms with Crippen molar-refractivity contribution in [3.63, 3.8) is 0 Å². The molecule has 0 aliphatic carbocycles. The van der Waals surface area contributed by atoms with Gasteiger partial charge < -0.3 is 15.5 Å². The lowest BCUT2D eigenvalue weighted by atomic mass is 9.84. The highest BCUT2D eigenvalue weighted by Crippen LogP contribution is 2.37. The van der Waals surface area contributed by atoms with Gasteiger partial charge in [-0.15, -0.1) is 11.3 Å². The fraction of sp³-hybridized carbons (Fsp3) is 0.208. The molecule has 8 heteroatoms. The molecule has 1 aliphatic rings. The maximum Gasteiger partial charge on any atom is 0.257 e. The van der Waals surface area contributed by atoms with E-state index in [0.717, 1.165) is 0 Å². The predicted molar refractivity (Wildman–Crippen MR) is 128 cm³/mol. The monoisotopic (exact) mass is 467 g/mol. The summed E-state index contributed by atoms with van der Waals surface area (Å²) in [5.74, 6) is -1.08. The maximum atomic E-state index is 13.3. The zero-order valence-corrected chi connectivity index (χ0v) is 19.1. The van der Waals surface area contributed by atoms with Gasteiger partial charge in [0.1, 0.15) is 5.82 Å². The Morgan fingerprint density at radius 1 is 1.16 bits per heavy atom. The second kappa shape index (κ2) is 9.18. The van der Waals surface area contributed by atoms with Gasteiger partial charge in [-0.2, -0.15) is 0 Å². The highest BCUT2D eigenvalue weighted by Gasteiger charge is 2.53. The Kier molecular flexibility index (Phi) is 6.34. The van der Waals surface area contributed by atoms with E-state index in [9.17, 15) is 14.0 Å². The minimum atomic E-state index is -1.27. The number of halogens is 1. The van der Waals surface area contributed by atoms with Crippen LogP contribution >= 0.6 is 23.6 Å². The summed E-state index contributed by atoms with van der Waals surface area (Å²) >= 11 is 7.18. The molecule has 164 valence electrons. The molecule has 2 heterocycles. The van der Waals surface area contributed by atoms with Gasteiger partial charge in [-0.05, 0) is 72.4 Å². The van der Waals surface area contributed by atoms with Crippen LogP contribution in [0.1, 0.15) is 22.4 Å². The standard InChI is InChI=1S/C24H22FN3O2S2/c1-16-12-14-32-20(16)11-13-28-23(31)27-22(30)24(28,17-5-3-2-4-6-17)15-21(29)26-19-9-7-18(25)8-10-19/h2-10,12,14H,11,13,15H2,1H3,(H,26,29)(H,27,30,31). The molecular weight excluding hydrogens is 445 g/mol. The lowest BCUT2D eigenvalue weighted by Crippen LogP contribution is -2.50. The molecule has 0 radical (unpaired) electrons. The van der Waals surface area contributed by atoms with Crippen LogP contribution in [-0.2, 0) is 21.5 Å². The molecule has 0 bridgehead atoms.